The van der Waals surface area contributed by atoms with Gasteiger partial charge in [0.2, 0.25) is 0 Å². The molecule has 4 aromatic rings. The summed E-state index contributed by atoms with van der Waals surface area (Å²) in [6.45, 7) is 4.02. The third-order valence-corrected chi connectivity index (χ3v) is 6.22. The Morgan fingerprint density at radius 1 is 1.09 bits per heavy atom. The van der Waals surface area contributed by atoms with Gasteiger partial charge in [-0.3, -0.25) is 4.79 Å². The number of nitriles is 1. The maximum atomic E-state index is 12.7. The molecule has 33 heavy (non-hydrogen) atoms. The lowest BCUT2D eigenvalue weighted by Crippen LogP contribution is -2.46. The first-order chi connectivity index (χ1) is 16.0. The molecule has 5 rings (SSSR count). The van der Waals surface area contributed by atoms with Gasteiger partial charge in [0.25, 0.3) is 5.91 Å². The normalized spacial score (nSPS) is 16.1. The minimum absolute atomic E-state index is 0.0226. The van der Waals surface area contributed by atoms with Crippen molar-refractivity contribution in [3.8, 4) is 17.4 Å². The van der Waals surface area contributed by atoms with Crippen molar-refractivity contribution in [1.29, 1.82) is 5.26 Å². The van der Waals surface area contributed by atoms with Crippen LogP contribution in [0.5, 0.6) is 0 Å². The molecule has 0 saturated carbocycles. The van der Waals surface area contributed by atoms with Gasteiger partial charge in [-0.15, -0.1) is 12.6 Å². The molecule has 1 aliphatic heterocycles. The highest BCUT2D eigenvalue weighted by Gasteiger charge is 2.35. The van der Waals surface area contributed by atoms with Gasteiger partial charge < -0.3 is 14.7 Å². The molecule has 0 radical (unpaired) electrons. The van der Waals surface area contributed by atoms with Crippen LogP contribution in [0.3, 0.4) is 0 Å². The van der Waals surface area contributed by atoms with E-state index in [1.54, 1.807) is 0 Å². The molecule has 162 valence electrons. The van der Waals surface area contributed by atoms with Crippen molar-refractivity contribution >= 4 is 35.1 Å². The molecule has 1 aromatic heterocycles. The number of carbonyl (C=O) groups is 1. The zero-order valence-corrected chi connectivity index (χ0v) is 18.9. The van der Waals surface area contributed by atoms with Gasteiger partial charge in [0.15, 0.2) is 5.76 Å². The number of hydrogen-bond donors (Lipinski definition) is 2. The first kappa shape index (κ1) is 20.9. The van der Waals surface area contributed by atoms with E-state index in [0.29, 0.717) is 10.8 Å². The lowest BCUT2D eigenvalue weighted by atomic mass is 10.0. The third kappa shape index (κ3) is 3.55. The number of aromatic nitrogens is 1. The Hall–Kier alpha value is -4.02. The topological polar surface area (TPSA) is 82.2 Å². The largest absolute Gasteiger partial charge is 0.355 e. The summed E-state index contributed by atoms with van der Waals surface area (Å²) in [6, 6.07) is 23.5. The predicted octanol–water partition coefficient (Wildman–Crippen LogP) is 5.41. The van der Waals surface area contributed by atoms with Gasteiger partial charge in [-0.25, -0.2) is 0 Å². The Kier molecular flexibility index (Phi) is 5.15. The lowest BCUT2D eigenvalue weighted by molar-refractivity contribution is -0.118. The van der Waals surface area contributed by atoms with E-state index in [2.05, 4.69) is 29.2 Å². The monoisotopic (exact) mass is 452 g/mol. The summed E-state index contributed by atoms with van der Waals surface area (Å²) in [5, 5.41) is 17.9. The molecule has 7 heteroatoms. The van der Waals surface area contributed by atoms with Crippen LogP contribution in [0.25, 0.3) is 22.2 Å². The summed E-state index contributed by atoms with van der Waals surface area (Å²) in [7, 11) is 0. The number of hydrogen-bond acceptors (Lipinski definition) is 6. The van der Waals surface area contributed by atoms with Crippen molar-refractivity contribution in [2.24, 2.45) is 0 Å². The van der Waals surface area contributed by atoms with Crippen LogP contribution in [0.2, 0.25) is 0 Å². The molecule has 1 unspecified atom stereocenters. The molecule has 0 bridgehead atoms. The second-order valence-corrected chi connectivity index (χ2v) is 8.42. The highest BCUT2D eigenvalue weighted by molar-refractivity contribution is 7.84. The number of carbonyl (C=O) groups excluding carboxylic acids is 1. The van der Waals surface area contributed by atoms with E-state index in [9.17, 15) is 10.1 Å². The maximum absolute atomic E-state index is 12.7. The highest BCUT2D eigenvalue weighted by Crippen LogP contribution is 2.39. The molecule has 3 aromatic carbocycles. The summed E-state index contributed by atoms with van der Waals surface area (Å²) in [5.74, 6) is 0.203. The number of nitrogens with zero attached hydrogens (tertiary/aromatic N) is 3. The van der Waals surface area contributed by atoms with E-state index in [4.69, 9.17) is 4.52 Å². The second-order valence-electron chi connectivity index (χ2n) is 8.00. The standard InChI is InChI=1S/C26H20N4O2S/c1-15-8-11-22(16(2)12-15)30-24(28-25(31)20(14-27)26(30)33)18-9-10-21-19(13-18)23(32-29-21)17-6-4-3-5-7-17/h3-13,24,33H,1-2H3,(H,28,31). The molecule has 1 atom stereocenters. The van der Waals surface area contributed by atoms with E-state index < -0.39 is 12.1 Å². The fraction of sp³-hybridized carbons (Fsp3) is 0.115. The van der Waals surface area contributed by atoms with E-state index in [-0.39, 0.29) is 5.57 Å². The van der Waals surface area contributed by atoms with Crippen molar-refractivity contribution in [3.63, 3.8) is 0 Å². The van der Waals surface area contributed by atoms with Crippen LogP contribution in [0.1, 0.15) is 22.9 Å². The minimum Gasteiger partial charge on any atom is -0.355 e. The minimum atomic E-state index is -0.563. The Labute approximate surface area is 196 Å². The number of fused-ring (bicyclic) bond motifs is 1. The fourth-order valence-electron chi connectivity index (χ4n) is 4.19. The number of anilines is 1. The highest BCUT2D eigenvalue weighted by atomic mass is 32.1. The number of benzene rings is 3. The van der Waals surface area contributed by atoms with Crippen LogP contribution in [0, 0.1) is 25.2 Å². The Balaban J connectivity index is 1.69. The van der Waals surface area contributed by atoms with Crippen molar-refractivity contribution < 1.29 is 9.32 Å². The van der Waals surface area contributed by atoms with Gasteiger partial charge in [0, 0.05) is 11.3 Å². The summed E-state index contributed by atoms with van der Waals surface area (Å²) in [4.78, 5) is 14.6. The molecule has 0 fully saturated rings. The molecule has 1 amide bonds. The summed E-state index contributed by atoms with van der Waals surface area (Å²) < 4.78 is 5.65. The summed E-state index contributed by atoms with van der Waals surface area (Å²) >= 11 is 4.61. The van der Waals surface area contributed by atoms with Gasteiger partial charge in [-0.05, 0) is 43.2 Å². The van der Waals surface area contributed by atoms with Crippen LogP contribution in [-0.2, 0) is 4.79 Å². The van der Waals surface area contributed by atoms with Crippen LogP contribution in [0.4, 0.5) is 5.69 Å². The first-order valence-electron chi connectivity index (χ1n) is 10.4. The number of aryl methyl sites for hydroxylation is 2. The van der Waals surface area contributed by atoms with Crippen molar-refractivity contribution in [1.82, 2.24) is 10.5 Å². The molecule has 0 aliphatic carbocycles. The van der Waals surface area contributed by atoms with Gasteiger partial charge in [-0.2, -0.15) is 5.26 Å². The van der Waals surface area contributed by atoms with Crippen LogP contribution in [-0.4, -0.2) is 11.1 Å². The molecular formula is C26H20N4O2S. The van der Waals surface area contributed by atoms with E-state index in [1.165, 1.54) is 0 Å². The number of amides is 1. The molecule has 1 aliphatic rings. The average Bonchev–Trinajstić information content (AvgIpc) is 3.24. The van der Waals surface area contributed by atoms with E-state index in [0.717, 1.165) is 38.8 Å². The van der Waals surface area contributed by atoms with Gasteiger partial charge >= 0.3 is 0 Å². The van der Waals surface area contributed by atoms with Gasteiger partial charge in [0.05, 0.1) is 10.4 Å². The van der Waals surface area contributed by atoms with E-state index >= 15 is 0 Å². The van der Waals surface area contributed by atoms with Crippen LogP contribution in [0.15, 0.2) is 81.9 Å². The smallest absolute Gasteiger partial charge is 0.266 e. The molecule has 0 spiro atoms. The van der Waals surface area contributed by atoms with E-state index in [1.807, 2.05) is 85.5 Å². The predicted molar refractivity (Wildman–Crippen MR) is 130 cm³/mol. The lowest BCUT2D eigenvalue weighted by Gasteiger charge is -2.38. The Morgan fingerprint density at radius 3 is 2.61 bits per heavy atom. The fourth-order valence-corrected chi connectivity index (χ4v) is 4.57. The molecular weight excluding hydrogens is 432 g/mol. The van der Waals surface area contributed by atoms with Gasteiger partial charge in [-0.1, -0.05) is 59.3 Å². The molecule has 0 saturated heterocycles. The number of nitrogens with one attached hydrogen (secondary N) is 1. The molecule has 1 N–H and O–H groups in total. The zero-order valence-electron chi connectivity index (χ0n) is 18.0. The van der Waals surface area contributed by atoms with Crippen molar-refractivity contribution in [3.05, 3.63) is 94.0 Å². The molecule has 2 heterocycles. The maximum Gasteiger partial charge on any atom is 0.266 e. The van der Waals surface area contributed by atoms with Crippen LogP contribution >= 0.6 is 12.6 Å². The van der Waals surface area contributed by atoms with Gasteiger partial charge in [0.1, 0.15) is 23.3 Å². The first-order valence-corrected chi connectivity index (χ1v) is 10.9. The van der Waals surface area contributed by atoms with Crippen LogP contribution < -0.4 is 10.2 Å². The summed E-state index contributed by atoms with van der Waals surface area (Å²) in [6.07, 6.45) is -0.563. The summed E-state index contributed by atoms with van der Waals surface area (Å²) in [5.41, 5.74) is 5.42. The zero-order chi connectivity index (χ0) is 23.1. The second kappa shape index (κ2) is 8.15. The molecule has 6 nitrogen and oxygen atoms in total. The average molecular weight is 453 g/mol. The number of rotatable bonds is 3. The van der Waals surface area contributed by atoms with Crippen molar-refractivity contribution in [2.45, 2.75) is 20.0 Å². The Bertz CT molecular complexity index is 1470. The Morgan fingerprint density at radius 2 is 1.88 bits per heavy atom. The van der Waals surface area contributed by atoms with Crippen molar-refractivity contribution in [2.75, 3.05) is 4.90 Å². The number of thiol groups is 1. The third-order valence-electron chi connectivity index (χ3n) is 5.78. The quantitative estimate of drug-likeness (QED) is 0.406. The SMILES string of the molecule is Cc1ccc(N2C(S)=C(C#N)C(=O)NC2c2ccc3noc(-c4ccccc4)c3c2)c(C)c1.